The molecule has 0 fully saturated rings. The molecule has 2 heterocycles. The van der Waals surface area contributed by atoms with Crippen LogP contribution in [0.3, 0.4) is 0 Å². The Morgan fingerprint density at radius 3 is 2.94 bits per heavy atom. The van der Waals surface area contributed by atoms with Crippen molar-refractivity contribution in [2.75, 3.05) is 11.9 Å². The van der Waals surface area contributed by atoms with E-state index in [9.17, 15) is 0 Å². The first-order valence-corrected chi connectivity index (χ1v) is 5.74. The van der Waals surface area contributed by atoms with Crippen molar-refractivity contribution in [1.29, 1.82) is 0 Å². The second-order valence-electron chi connectivity index (χ2n) is 4.19. The molecule has 1 N–H and O–H groups in total. The van der Waals surface area contributed by atoms with Crippen molar-refractivity contribution in [2.45, 2.75) is 13.0 Å². The zero-order valence-electron chi connectivity index (χ0n) is 9.67. The van der Waals surface area contributed by atoms with E-state index in [-0.39, 0.29) is 0 Å². The molecule has 1 aromatic rings. The standard InChI is InChI=1S/C13H14N4/c1-10-9-15-13-12(14-7-8-17(10)13)16-11-5-3-2-4-6-11/h2-8,10H,9H2,1H3,(H,14,16). The van der Waals surface area contributed by atoms with Crippen LogP contribution in [0.5, 0.6) is 0 Å². The predicted octanol–water partition coefficient (Wildman–Crippen LogP) is 2.08. The highest BCUT2D eigenvalue weighted by molar-refractivity contribution is 6.45. The van der Waals surface area contributed by atoms with Crippen LogP contribution in [-0.4, -0.2) is 29.2 Å². The summed E-state index contributed by atoms with van der Waals surface area (Å²) in [5.41, 5.74) is 1.03. The molecular weight excluding hydrogens is 212 g/mol. The number of para-hydroxylation sites is 1. The number of benzene rings is 1. The second-order valence-corrected chi connectivity index (χ2v) is 4.19. The Kier molecular flexibility index (Phi) is 2.40. The van der Waals surface area contributed by atoms with Crippen molar-refractivity contribution in [3.05, 3.63) is 42.7 Å². The summed E-state index contributed by atoms with van der Waals surface area (Å²) in [7, 11) is 0. The monoisotopic (exact) mass is 226 g/mol. The molecule has 17 heavy (non-hydrogen) atoms. The van der Waals surface area contributed by atoms with Gasteiger partial charge in [-0.3, -0.25) is 4.99 Å². The highest BCUT2D eigenvalue weighted by Crippen LogP contribution is 2.16. The van der Waals surface area contributed by atoms with Crippen LogP contribution in [0.1, 0.15) is 6.92 Å². The van der Waals surface area contributed by atoms with E-state index in [0.29, 0.717) is 6.04 Å². The van der Waals surface area contributed by atoms with Crippen LogP contribution < -0.4 is 5.32 Å². The van der Waals surface area contributed by atoms with E-state index >= 15 is 0 Å². The second kappa shape index (κ2) is 4.05. The molecule has 0 saturated carbocycles. The average Bonchev–Trinajstić information content (AvgIpc) is 2.74. The number of fused-ring (bicyclic) bond motifs is 1. The SMILES string of the molecule is CC1CN=C2C(Nc3ccccc3)=NC=CN21. The lowest BCUT2D eigenvalue weighted by Crippen LogP contribution is -2.39. The average molecular weight is 226 g/mol. The number of nitrogens with one attached hydrogen (secondary N) is 1. The van der Waals surface area contributed by atoms with E-state index in [2.05, 4.69) is 27.1 Å². The summed E-state index contributed by atoms with van der Waals surface area (Å²) >= 11 is 0. The summed E-state index contributed by atoms with van der Waals surface area (Å²) in [6, 6.07) is 10.4. The lowest BCUT2D eigenvalue weighted by molar-refractivity contribution is 0.474. The maximum atomic E-state index is 4.51. The fourth-order valence-electron chi connectivity index (χ4n) is 2.00. The van der Waals surface area contributed by atoms with Crippen LogP contribution in [0.4, 0.5) is 5.69 Å². The minimum Gasteiger partial charge on any atom is -0.337 e. The molecule has 0 spiro atoms. The summed E-state index contributed by atoms with van der Waals surface area (Å²) < 4.78 is 0. The van der Waals surface area contributed by atoms with Crippen LogP contribution in [0.15, 0.2) is 52.7 Å². The van der Waals surface area contributed by atoms with Gasteiger partial charge in [-0.25, -0.2) is 4.99 Å². The van der Waals surface area contributed by atoms with Crippen LogP contribution in [-0.2, 0) is 0 Å². The van der Waals surface area contributed by atoms with Crippen molar-refractivity contribution >= 4 is 17.4 Å². The summed E-state index contributed by atoms with van der Waals surface area (Å²) in [5, 5.41) is 3.30. The van der Waals surface area contributed by atoms with E-state index in [1.54, 1.807) is 0 Å². The van der Waals surface area contributed by atoms with Crippen molar-refractivity contribution in [3.8, 4) is 0 Å². The van der Waals surface area contributed by atoms with E-state index in [1.165, 1.54) is 0 Å². The predicted molar refractivity (Wildman–Crippen MR) is 70.2 cm³/mol. The smallest absolute Gasteiger partial charge is 0.173 e. The fourth-order valence-corrected chi connectivity index (χ4v) is 2.00. The van der Waals surface area contributed by atoms with Crippen LogP contribution in [0.2, 0.25) is 0 Å². The molecule has 4 nitrogen and oxygen atoms in total. The maximum absolute atomic E-state index is 4.51. The number of nitrogens with zero attached hydrogens (tertiary/aromatic N) is 3. The van der Waals surface area contributed by atoms with E-state index in [4.69, 9.17) is 0 Å². The van der Waals surface area contributed by atoms with E-state index < -0.39 is 0 Å². The third-order valence-corrected chi connectivity index (χ3v) is 2.90. The third-order valence-electron chi connectivity index (χ3n) is 2.90. The van der Waals surface area contributed by atoms with Gasteiger partial charge in [-0.2, -0.15) is 0 Å². The molecule has 0 saturated heterocycles. The largest absolute Gasteiger partial charge is 0.337 e. The van der Waals surface area contributed by atoms with Gasteiger partial charge in [0.25, 0.3) is 0 Å². The molecule has 1 unspecified atom stereocenters. The summed E-state index contributed by atoms with van der Waals surface area (Å²) in [6.45, 7) is 2.99. The van der Waals surface area contributed by atoms with Gasteiger partial charge in [-0.1, -0.05) is 18.2 Å². The van der Waals surface area contributed by atoms with Gasteiger partial charge in [0.1, 0.15) is 0 Å². The van der Waals surface area contributed by atoms with Gasteiger partial charge in [0.2, 0.25) is 0 Å². The highest BCUT2D eigenvalue weighted by Gasteiger charge is 2.27. The Bertz CT molecular complexity index is 501. The van der Waals surface area contributed by atoms with Gasteiger partial charge in [-0.05, 0) is 19.1 Å². The van der Waals surface area contributed by atoms with Gasteiger partial charge in [0.05, 0.1) is 12.6 Å². The number of rotatable bonds is 1. The molecule has 0 aliphatic carbocycles. The molecule has 4 heteroatoms. The Morgan fingerprint density at radius 2 is 2.12 bits per heavy atom. The van der Waals surface area contributed by atoms with Crippen LogP contribution in [0, 0.1) is 0 Å². The van der Waals surface area contributed by atoms with Gasteiger partial charge in [0, 0.05) is 18.1 Å². The molecule has 2 aliphatic heterocycles. The summed E-state index contributed by atoms with van der Waals surface area (Å²) in [4.78, 5) is 11.0. The first kappa shape index (κ1) is 10.1. The lowest BCUT2D eigenvalue weighted by atomic mass is 10.3. The highest BCUT2D eigenvalue weighted by atomic mass is 15.3. The van der Waals surface area contributed by atoms with Gasteiger partial charge in [0.15, 0.2) is 11.7 Å². The van der Waals surface area contributed by atoms with Crippen molar-refractivity contribution in [2.24, 2.45) is 9.98 Å². The number of hydrogen-bond acceptors (Lipinski definition) is 4. The molecular formula is C13H14N4. The zero-order chi connectivity index (χ0) is 11.7. The molecule has 86 valence electrons. The quantitative estimate of drug-likeness (QED) is 0.796. The maximum Gasteiger partial charge on any atom is 0.173 e. The third kappa shape index (κ3) is 1.82. The molecule has 0 aromatic heterocycles. The topological polar surface area (TPSA) is 40.0 Å². The molecule has 1 atom stereocenters. The zero-order valence-corrected chi connectivity index (χ0v) is 9.67. The first-order chi connectivity index (χ1) is 8.34. The van der Waals surface area contributed by atoms with Crippen molar-refractivity contribution in [1.82, 2.24) is 4.90 Å². The number of amidine groups is 2. The van der Waals surface area contributed by atoms with Crippen LogP contribution >= 0.6 is 0 Å². The molecule has 0 bridgehead atoms. The normalized spacial score (nSPS) is 21.9. The van der Waals surface area contributed by atoms with Gasteiger partial charge >= 0.3 is 0 Å². The number of aliphatic imine (C=N–C) groups is 2. The van der Waals surface area contributed by atoms with Gasteiger partial charge < -0.3 is 10.2 Å². The minimum atomic E-state index is 0.421. The lowest BCUT2D eigenvalue weighted by Gasteiger charge is -2.24. The van der Waals surface area contributed by atoms with E-state index in [0.717, 1.165) is 23.9 Å². The van der Waals surface area contributed by atoms with Gasteiger partial charge in [-0.15, -0.1) is 0 Å². The molecule has 1 aromatic carbocycles. The molecule has 2 aliphatic rings. The van der Waals surface area contributed by atoms with Crippen molar-refractivity contribution in [3.63, 3.8) is 0 Å². The van der Waals surface area contributed by atoms with Crippen molar-refractivity contribution < 1.29 is 0 Å². The number of anilines is 1. The summed E-state index contributed by atoms with van der Waals surface area (Å²) in [5.74, 6) is 1.76. The molecule has 3 rings (SSSR count). The Morgan fingerprint density at radius 1 is 1.29 bits per heavy atom. The first-order valence-electron chi connectivity index (χ1n) is 5.74. The molecule has 0 radical (unpaired) electrons. The number of hydrogen-bond donors (Lipinski definition) is 1. The molecule has 0 amide bonds. The minimum absolute atomic E-state index is 0.421. The Balaban J connectivity index is 1.85. The Hall–Kier alpha value is -2.10. The summed E-state index contributed by atoms with van der Waals surface area (Å²) in [6.07, 6.45) is 3.79. The fraction of sp³-hybridized carbons (Fsp3) is 0.231. The van der Waals surface area contributed by atoms with E-state index in [1.807, 2.05) is 42.7 Å². The Labute approximate surface area is 100 Å². The van der Waals surface area contributed by atoms with Crippen LogP contribution in [0.25, 0.3) is 0 Å².